The highest BCUT2D eigenvalue weighted by molar-refractivity contribution is 6.31. The van der Waals surface area contributed by atoms with E-state index in [1.165, 1.54) is 4.90 Å². The fraction of sp³-hybridized carbons (Fsp3) is 0.235. The largest absolute Gasteiger partial charge is 0.388 e. The van der Waals surface area contributed by atoms with Crippen LogP contribution in [-0.2, 0) is 0 Å². The van der Waals surface area contributed by atoms with Gasteiger partial charge in [-0.05, 0) is 23.8 Å². The Kier molecular flexibility index (Phi) is 4.52. The number of β-amino-alcohol motifs (C(OH)–C–C–N with tert-alkyl or cyclic N) is 2. The fourth-order valence-corrected chi connectivity index (χ4v) is 2.78. The molecule has 0 radical (unpaired) electrons. The lowest BCUT2D eigenvalue weighted by atomic mass is 10.0. The monoisotopic (exact) mass is 332 g/mol. The van der Waals surface area contributed by atoms with E-state index in [2.05, 4.69) is 5.32 Å². The zero-order valence-electron chi connectivity index (χ0n) is 12.3. The van der Waals surface area contributed by atoms with Gasteiger partial charge in [0.1, 0.15) is 0 Å². The van der Waals surface area contributed by atoms with Gasteiger partial charge in [-0.25, -0.2) is 4.79 Å². The number of amides is 2. The molecule has 0 aromatic heterocycles. The van der Waals surface area contributed by atoms with Crippen LogP contribution < -0.4 is 5.32 Å². The second-order valence-corrected chi connectivity index (χ2v) is 5.96. The highest BCUT2D eigenvalue weighted by Gasteiger charge is 2.32. The molecule has 0 saturated carbocycles. The third-order valence-electron chi connectivity index (χ3n) is 3.85. The third kappa shape index (κ3) is 3.47. The van der Waals surface area contributed by atoms with Crippen molar-refractivity contribution < 1.29 is 15.0 Å². The Hall–Kier alpha value is -2.08. The molecule has 0 unspecified atom stereocenters. The van der Waals surface area contributed by atoms with Gasteiger partial charge in [-0.3, -0.25) is 0 Å². The zero-order valence-corrected chi connectivity index (χ0v) is 13.1. The number of rotatable bonds is 2. The topological polar surface area (TPSA) is 72.8 Å². The predicted molar refractivity (Wildman–Crippen MR) is 89.5 cm³/mol. The van der Waals surface area contributed by atoms with Gasteiger partial charge in [-0.2, -0.15) is 0 Å². The molecule has 1 heterocycles. The standard InChI is InChI=1S/C17H17ClN2O3/c18-12-6-7-14(13(8-12)11-4-2-1-3-5-11)19-17(23)20-9-15(21)16(22)10-20/h1-8,15-16,21-22H,9-10H2,(H,19,23)/t15-,16-/m1/s1. The SMILES string of the molecule is O=C(Nc1ccc(Cl)cc1-c1ccccc1)N1C[C@@H](O)[C@H](O)C1. The van der Waals surface area contributed by atoms with E-state index in [-0.39, 0.29) is 19.1 Å². The number of urea groups is 1. The number of carbonyl (C=O) groups excluding carboxylic acids is 1. The van der Waals surface area contributed by atoms with Crippen LogP contribution >= 0.6 is 11.6 Å². The summed E-state index contributed by atoms with van der Waals surface area (Å²) in [5.41, 5.74) is 2.38. The summed E-state index contributed by atoms with van der Waals surface area (Å²) in [5.74, 6) is 0. The van der Waals surface area contributed by atoms with E-state index >= 15 is 0 Å². The van der Waals surface area contributed by atoms with Crippen LogP contribution in [0.4, 0.5) is 10.5 Å². The van der Waals surface area contributed by atoms with Gasteiger partial charge in [-0.15, -0.1) is 0 Å². The summed E-state index contributed by atoms with van der Waals surface area (Å²) in [4.78, 5) is 13.7. The van der Waals surface area contributed by atoms with Gasteiger partial charge in [0.2, 0.25) is 0 Å². The first-order valence-corrected chi connectivity index (χ1v) is 7.69. The van der Waals surface area contributed by atoms with Crippen molar-refractivity contribution in [1.82, 2.24) is 4.90 Å². The molecule has 1 fully saturated rings. The number of halogens is 1. The molecule has 120 valence electrons. The van der Waals surface area contributed by atoms with E-state index in [0.717, 1.165) is 11.1 Å². The Bertz CT molecular complexity index is 698. The van der Waals surface area contributed by atoms with Crippen LogP contribution in [0.3, 0.4) is 0 Å². The molecular weight excluding hydrogens is 316 g/mol. The summed E-state index contributed by atoms with van der Waals surface area (Å²) in [6, 6.07) is 14.5. The molecule has 3 rings (SSSR count). The van der Waals surface area contributed by atoms with Crippen molar-refractivity contribution in [1.29, 1.82) is 0 Å². The Balaban J connectivity index is 1.85. The molecule has 3 N–H and O–H groups in total. The fourth-order valence-electron chi connectivity index (χ4n) is 2.61. The number of aliphatic hydroxyl groups excluding tert-OH is 2. The van der Waals surface area contributed by atoms with Crippen LogP contribution in [0.25, 0.3) is 11.1 Å². The normalized spacial score (nSPS) is 20.6. The van der Waals surface area contributed by atoms with Crippen LogP contribution in [-0.4, -0.2) is 46.4 Å². The van der Waals surface area contributed by atoms with Gasteiger partial charge in [0, 0.05) is 10.6 Å². The number of nitrogens with one attached hydrogen (secondary N) is 1. The summed E-state index contributed by atoms with van der Waals surface area (Å²) < 4.78 is 0. The van der Waals surface area contributed by atoms with Crippen molar-refractivity contribution in [3.63, 3.8) is 0 Å². The van der Waals surface area contributed by atoms with Crippen LogP contribution in [0, 0.1) is 0 Å². The average Bonchev–Trinajstić information content (AvgIpc) is 2.89. The van der Waals surface area contributed by atoms with Crippen LogP contribution in [0.5, 0.6) is 0 Å². The number of benzene rings is 2. The van der Waals surface area contributed by atoms with Gasteiger partial charge < -0.3 is 20.4 Å². The molecule has 2 amide bonds. The number of hydrogen-bond donors (Lipinski definition) is 3. The lowest BCUT2D eigenvalue weighted by Gasteiger charge is -2.18. The van der Waals surface area contributed by atoms with E-state index in [1.54, 1.807) is 18.2 Å². The molecule has 0 bridgehead atoms. The number of anilines is 1. The Morgan fingerprint density at radius 3 is 2.39 bits per heavy atom. The highest BCUT2D eigenvalue weighted by atomic mass is 35.5. The van der Waals surface area contributed by atoms with Gasteiger partial charge in [0.25, 0.3) is 0 Å². The van der Waals surface area contributed by atoms with E-state index in [4.69, 9.17) is 11.6 Å². The minimum atomic E-state index is -0.903. The van der Waals surface area contributed by atoms with Gasteiger partial charge in [-0.1, -0.05) is 41.9 Å². The molecule has 0 spiro atoms. The molecule has 2 atom stereocenters. The van der Waals surface area contributed by atoms with Crippen molar-refractivity contribution in [2.24, 2.45) is 0 Å². The van der Waals surface area contributed by atoms with Crippen molar-refractivity contribution in [3.05, 3.63) is 53.6 Å². The molecule has 5 nitrogen and oxygen atoms in total. The average molecular weight is 333 g/mol. The number of carbonyl (C=O) groups is 1. The number of nitrogens with zero attached hydrogens (tertiary/aromatic N) is 1. The van der Waals surface area contributed by atoms with Crippen molar-refractivity contribution >= 4 is 23.3 Å². The quantitative estimate of drug-likeness (QED) is 0.791. The molecule has 2 aromatic carbocycles. The number of aliphatic hydroxyl groups is 2. The summed E-state index contributed by atoms with van der Waals surface area (Å²) in [6.45, 7) is 0.225. The smallest absolute Gasteiger partial charge is 0.322 e. The van der Waals surface area contributed by atoms with Gasteiger partial charge in [0.15, 0.2) is 0 Å². The first kappa shape index (κ1) is 15.8. The Morgan fingerprint density at radius 1 is 1.09 bits per heavy atom. The van der Waals surface area contributed by atoms with Crippen LogP contribution in [0.1, 0.15) is 0 Å². The van der Waals surface area contributed by atoms with Crippen molar-refractivity contribution in [3.8, 4) is 11.1 Å². The van der Waals surface area contributed by atoms with E-state index in [0.29, 0.717) is 10.7 Å². The Labute approximate surface area is 139 Å². The summed E-state index contributed by atoms with van der Waals surface area (Å²) in [6.07, 6.45) is -1.81. The first-order chi connectivity index (χ1) is 11.0. The molecule has 0 aliphatic carbocycles. The summed E-state index contributed by atoms with van der Waals surface area (Å²) in [5, 5.41) is 22.5. The number of likely N-dealkylation sites (tertiary alicyclic amines) is 1. The molecule has 23 heavy (non-hydrogen) atoms. The maximum atomic E-state index is 12.3. The van der Waals surface area contributed by atoms with Crippen LogP contribution in [0.15, 0.2) is 48.5 Å². The summed E-state index contributed by atoms with van der Waals surface area (Å²) >= 11 is 6.08. The lowest BCUT2D eigenvalue weighted by Crippen LogP contribution is -2.34. The maximum absolute atomic E-state index is 12.3. The van der Waals surface area contributed by atoms with E-state index in [1.807, 2.05) is 30.3 Å². The van der Waals surface area contributed by atoms with Crippen molar-refractivity contribution in [2.75, 3.05) is 18.4 Å². The molecular formula is C17H17ClN2O3. The summed E-state index contributed by atoms with van der Waals surface area (Å²) in [7, 11) is 0. The van der Waals surface area contributed by atoms with Gasteiger partial charge in [0.05, 0.1) is 31.0 Å². The van der Waals surface area contributed by atoms with Gasteiger partial charge >= 0.3 is 6.03 Å². The second-order valence-electron chi connectivity index (χ2n) is 5.53. The first-order valence-electron chi connectivity index (χ1n) is 7.31. The third-order valence-corrected chi connectivity index (χ3v) is 4.09. The molecule has 6 heteroatoms. The zero-order chi connectivity index (χ0) is 16.4. The Morgan fingerprint density at radius 2 is 1.74 bits per heavy atom. The lowest BCUT2D eigenvalue weighted by molar-refractivity contribution is 0.0572. The molecule has 2 aromatic rings. The van der Waals surface area contributed by atoms with E-state index < -0.39 is 12.2 Å². The minimum absolute atomic E-state index is 0.112. The number of hydrogen-bond acceptors (Lipinski definition) is 3. The van der Waals surface area contributed by atoms with E-state index in [9.17, 15) is 15.0 Å². The molecule has 1 saturated heterocycles. The predicted octanol–water partition coefficient (Wildman–Crippen LogP) is 2.58. The second kappa shape index (κ2) is 6.58. The van der Waals surface area contributed by atoms with Crippen molar-refractivity contribution in [2.45, 2.75) is 12.2 Å². The molecule has 1 aliphatic heterocycles. The highest BCUT2D eigenvalue weighted by Crippen LogP contribution is 2.31. The minimum Gasteiger partial charge on any atom is -0.388 e. The molecule has 1 aliphatic rings. The maximum Gasteiger partial charge on any atom is 0.322 e. The van der Waals surface area contributed by atoms with Crippen LogP contribution in [0.2, 0.25) is 5.02 Å².